The van der Waals surface area contributed by atoms with E-state index in [0.717, 1.165) is 0 Å². The number of benzene rings is 1. The summed E-state index contributed by atoms with van der Waals surface area (Å²) in [6.45, 7) is 0. The summed E-state index contributed by atoms with van der Waals surface area (Å²) in [6, 6.07) is 6.23. The van der Waals surface area contributed by atoms with E-state index < -0.39 is 15.7 Å². The number of sulfone groups is 1. The van der Waals surface area contributed by atoms with Crippen molar-refractivity contribution in [3.8, 4) is 5.75 Å². The predicted octanol–water partition coefficient (Wildman–Crippen LogP) is 1.80. The van der Waals surface area contributed by atoms with Gasteiger partial charge in [0.15, 0.2) is 9.84 Å². The largest absolute Gasteiger partial charge is 0.495 e. The highest BCUT2D eigenvalue weighted by Crippen LogP contribution is 2.28. The van der Waals surface area contributed by atoms with Gasteiger partial charge >= 0.3 is 0 Å². The van der Waals surface area contributed by atoms with Crippen LogP contribution >= 0.6 is 11.6 Å². The van der Waals surface area contributed by atoms with Gasteiger partial charge in [0.05, 0.1) is 23.6 Å². The molecule has 10 heteroatoms. The van der Waals surface area contributed by atoms with Gasteiger partial charge in [0.1, 0.15) is 23.6 Å². The van der Waals surface area contributed by atoms with Gasteiger partial charge in [-0.05, 0) is 24.6 Å². The molecule has 2 N–H and O–H groups in total. The van der Waals surface area contributed by atoms with Crippen LogP contribution in [0.25, 0.3) is 0 Å². The lowest BCUT2D eigenvalue weighted by atomic mass is 10.2. The maximum absolute atomic E-state index is 12.3. The topological polar surface area (TPSA) is 110 Å². The quantitative estimate of drug-likeness (QED) is 0.792. The van der Waals surface area contributed by atoms with Crippen molar-refractivity contribution in [3.63, 3.8) is 0 Å². The summed E-state index contributed by atoms with van der Waals surface area (Å²) in [4.78, 5) is 20.3. The van der Waals surface area contributed by atoms with Gasteiger partial charge in [-0.15, -0.1) is 0 Å². The SMILES string of the molecule is COc1ccc(Nc2cc(C(=O)NC3CCS(=O)(=O)C3)ncn2)cc1Cl. The molecule has 0 bridgehead atoms. The van der Waals surface area contributed by atoms with E-state index in [0.29, 0.717) is 28.7 Å². The van der Waals surface area contributed by atoms with Gasteiger partial charge in [0.2, 0.25) is 0 Å². The Hall–Kier alpha value is -2.39. The molecule has 138 valence electrons. The first-order chi connectivity index (χ1) is 12.4. The van der Waals surface area contributed by atoms with E-state index in [1.165, 1.54) is 19.5 Å². The minimum absolute atomic E-state index is 0.0424. The number of anilines is 2. The number of carbonyl (C=O) groups excluding carboxylic acids is 1. The molecule has 0 aliphatic carbocycles. The molecule has 1 amide bonds. The minimum atomic E-state index is -3.06. The molecule has 26 heavy (non-hydrogen) atoms. The van der Waals surface area contributed by atoms with Gasteiger partial charge in [-0.25, -0.2) is 18.4 Å². The number of nitrogens with zero attached hydrogens (tertiary/aromatic N) is 2. The lowest BCUT2D eigenvalue weighted by molar-refractivity contribution is 0.0936. The lowest BCUT2D eigenvalue weighted by Gasteiger charge is -2.11. The fraction of sp³-hybridized carbons (Fsp3) is 0.312. The number of aromatic nitrogens is 2. The molecule has 1 aliphatic rings. The van der Waals surface area contributed by atoms with Crippen LogP contribution in [0.15, 0.2) is 30.6 Å². The summed E-state index contributed by atoms with van der Waals surface area (Å²) in [5.74, 6) is 0.564. The van der Waals surface area contributed by atoms with Crippen molar-refractivity contribution in [1.82, 2.24) is 15.3 Å². The van der Waals surface area contributed by atoms with Crippen LogP contribution in [0.1, 0.15) is 16.9 Å². The van der Waals surface area contributed by atoms with Crippen LogP contribution in [0.2, 0.25) is 5.02 Å². The van der Waals surface area contributed by atoms with Crippen molar-refractivity contribution >= 4 is 38.9 Å². The zero-order chi connectivity index (χ0) is 18.7. The molecular weight excluding hydrogens is 380 g/mol. The van der Waals surface area contributed by atoms with Crippen molar-refractivity contribution in [2.24, 2.45) is 0 Å². The van der Waals surface area contributed by atoms with Crippen LogP contribution in [-0.4, -0.2) is 49.0 Å². The summed E-state index contributed by atoms with van der Waals surface area (Å²) >= 11 is 6.08. The fourth-order valence-corrected chi connectivity index (χ4v) is 4.54. The van der Waals surface area contributed by atoms with Gasteiger partial charge in [-0.3, -0.25) is 4.79 Å². The molecule has 1 aliphatic heterocycles. The molecule has 0 spiro atoms. The molecule has 1 unspecified atom stereocenters. The highest BCUT2D eigenvalue weighted by molar-refractivity contribution is 7.91. The predicted molar refractivity (Wildman–Crippen MR) is 97.8 cm³/mol. The fourth-order valence-electron chi connectivity index (χ4n) is 2.61. The van der Waals surface area contributed by atoms with Crippen molar-refractivity contribution in [3.05, 3.63) is 41.3 Å². The second-order valence-electron chi connectivity index (χ2n) is 5.84. The van der Waals surface area contributed by atoms with Crippen LogP contribution in [0.4, 0.5) is 11.5 Å². The number of rotatable bonds is 5. The monoisotopic (exact) mass is 396 g/mol. The molecule has 1 aromatic heterocycles. The molecule has 1 saturated heterocycles. The van der Waals surface area contributed by atoms with Gasteiger partial charge in [-0.1, -0.05) is 11.6 Å². The Kier molecular flexibility index (Phi) is 5.28. The molecule has 2 aromatic rings. The Morgan fingerprint density at radius 3 is 2.77 bits per heavy atom. The molecule has 1 aromatic carbocycles. The molecule has 1 fully saturated rings. The third kappa shape index (κ3) is 4.41. The molecular formula is C16H17ClN4O4S. The number of hydrogen-bond acceptors (Lipinski definition) is 7. The lowest BCUT2D eigenvalue weighted by Crippen LogP contribution is -2.36. The van der Waals surface area contributed by atoms with Crippen LogP contribution in [0, 0.1) is 0 Å². The number of hydrogen-bond donors (Lipinski definition) is 2. The zero-order valence-corrected chi connectivity index (χ0v) is 15.5. The Balaban J connectivity index is 1.70. The normalized spacial score (nSPS) is 18.3. The van der Waals surface area contributed by atoms with E-state index in [1.54, 1.807) is 18.2 Å². The summed E-state index contributed by atoms with van der Waals surface area (Å²) in [6.07, 6.45) is 1.67. The molecule has 3 rings (SSSR count). The maximum Gasteiger partial charge on any atom is 0.270 e. The summed E-state index contributed by atoms with van der Waals surface area (Å²) in [7, 11) is -1.54. The van der Waals surface area contributed by atoms with Crippen LogP contribution in [-0.2, 0) is 9.84 Å². The van der Waals surface area contributed by atoms with Crippen LogP contribution in [0.3, 0.4) is 0 Å². The molecule has 0 radical (unpaired) electrons. The Bertz CT molecular complexity index is 936. The first kappa shape index (κ1) is 18.4. The van der Waals surface area contributed by atoms with Crippen LogP contribution in [0.5, 0.6) is 5.75 Å². The Morgan fingerprint density at radius 2 is 2.12 bits per heavy atom. The Labute approximate surface area is 155 Å². The number of carbonyl (C=O) groups is 1. The second-order valence-corrected chi connectivity index (χ2v) is 8.47. The van der Waals surface area contributed by atoms with E-state index in [1.807, 2.05) is 0 Å². The number of nitrogens with one attached hydrogen (secondary N) is 2. The third-order valence-corrected chi connectivity index (χ3v) is 5.95. The van der Waals surface area contributed by atoms with E-state index in [-0.39, 0.29) is 23.2 Å². The number of methoxy groups -OCH3 is 1. The second kappa shape index (κ2) is 7.46. The maximum atomic E-state index is 12.3. The van der Waals surface area contributed by atoms with Crippen molar-refractivity contribution in [2.75, 3.05) is 23.9 Å². The molecule has 8 nitrogen and oxygen atoms in total. The summed E-state index contributed by atoms with van der Waals surface area (Å²) < 4.78 is 28.1. The van der Waals surface area contributed by atoms with Crippen molar-refractivity contribution < 1.29 is 17.9 Å². The molecule has 1 atom stereocenters. The standard InChI is InChI=1S/C16H17ClN4O4S/c1-25-14-3-2-10(6-12(14)17)20-15-7-13(18-9-19-15)16(22)21-11-4-5-26(23,24)8-11/h2-3,6-7,9,11H,4-5,8H2,1H3,(H,21,22)(H,18,19,20). The van der Waals surface area contributed by atoms with Gasteiger partial charge < -0.3 is 15.4 Å². The van der Waals surface area contributed by atoms with E-state index in [9.17, 15) is 13.2 Å². The van der Waals surface area contributed by atoms with Gasteiger partial charge in [0, 0.05) is 17.8 Å². The third-order valence-electron chi connectivity index (χ3n) is 3.89. The smallest absolute Gasteiger partial charge is 0.270 e. The van der Waals surface area contributed by atoms with Crippen molar-refractivity contribution in [2.45, 2.75) is 12.5 Å². The zero-order valence-electron chi connectivity index (χ0n) is 13.9. The summed E-state index contributed by atoms with van der Waals surface area (Å²) in [5, 5.41) is 6.16. The van der Waals surface area contributed by atoms with E-state index >= 15 is 0 Å². The van der Waals surface area contributed by atoms with Gasteiger partial charge in [0.25, 0.3) is 5.91 Å². The Morgan fingerprint density at radius 1 is 1.31 bits per heavy atom. The highest BCUT2D eigenvalue weighted by atomic mass is 35.5. The van der Waals surface area contributed by atoms with Gasteiger partial charge in [-0.2, -0.15) is 0 Å². The number of amides is 1. The van der Waals surface area contributed by atoms with Crippen LogP contribution < -0.4 is 15.4 Å². The van der Waals surface area contributed by atoms with Crippen molar-refractivity contribution in [1.29, 1.82) is 0 Å². The number of halogens is 1. The number of ether oxygens (including phenoxy) is 1. The first-order valence-electron chi connectivity index (χ1n) is 7.80. The minimum Gasteiger partial charge on any atom is -0.495 e. The molecule has 0 saturated carbocycles. The average molecular weight is 397 g/mol. The first-order valence-corrected chi connectivity index (χ1v) is 10.00. The summed E-state index contributed by atoms with van der Waals surface area (Å²) in [5.41, 5.74) is 0.814. The van der Waals surface area contributed by atoms with E-state index in [4.69, 9.17) is 16.3 Å². The average Bonchev–Trinajstić information content (AvgIpc) is 2.94. The highest BCUT2D eigenvalue weighted by Gasteiger charge is 2.29. The van der Waals surface area contributed by atoms with E-state index in [2.05, 4.69) is 20.6 Å². The molecule has 2 heterocycles.